The van der Waals surface area contributed by atoms with Gasteiger partial charge in [0.2, 0.25) is 0 Å². The molecule has 0 bridgehead atoms. The molecule has 3 rings (SSSR count). The molecule has 0 saturated carbocycles. The van der Waals surface area contributed by atoms with Gasteiger partial charge < -0.3 is 24.7 Å². The number of hydrogen-bond donors (Lipinski definition) is 2. The van der Waals surface area contributed by atoms with Crippen molar-refractivity contribution < 1.29 is 23.1 Å². The largest absolute Gasteiger partial charge is 0.444 e. The number of hydrogen-bond acceptors (Lipinski definition) is 7. The molecule has 3 heterocycles. The zero-order valence-electron chi connectivity index (χ0n) is 24.8. The molecule has 2 amide bonds. The number of pyridine rings is 2. The Morgan fingerprint density at radius 1 is 1.12 bits per heavy atom. The summed E-state index contributed by atoms with van der Waals surface area (Å²) in [6.07, 6.45) is 2.47. The van der Waals surface area contributed by atoms with E-state index in [1.807, 2.05) is 26.8 Å². The summed E-state index contributed by atoms with van der Waals surface area (Å²) in [5, 5.41) is 5.92. The topological polar surface area (TPSA) is 106 Å². The molecule has 1 fully saturated rings. The molecule has 3 atom stereocenters. The molecule has 1 saturated heterocycles. The number of ether oxygens (including phenoxy) is 1. The van der Waals surface area contributed by atoms with E-state index in [4.69, 9.17) is 9.16 Å². The zero-order valence-corrected chi connectivity index (χ0v) is 27.3. The molecular formula is C28H41BrFN5O4Si. The molecule has 2 aromatic heterocycles. The Balaban J connectivity index is 1.90. The van der Waals surface area contributed by atoms with Gasteiger partial charge in [-0.3, -0.25) is 9.78 Å². The van der Waals surface area contributed by atoms with Crippen molar-refractivity contribution in [2.24, 2.45) is 5.92 Å². The van der Waals surface area contributed by atoms with Gasteiger partial charge in [-0.25, -0.2) is 14.2 Å². The Morgan fingerprint density at radius 3 is 2.40 bits per heavy atom. The van der Waals surface area contributed by atoms with Gasteiger partial charge in [-0.15, -0.1) is 0 Å². The predicted octanol–water partition coefficient (Wildman–Crippen LogP) is 6.37. The van der Waals surface area contributed by atoms with Crippen LogP contribution in [0, 0.1) is 11.7 Å². The molecular weight excluding hydrogens is 597 g/mol. The van der Waals surface area contributed by atoms with E-state index >= 15 is 0 Å². The van der Waals surface area contributed by atoms with Crippen molar-refractivity contribution in [2.75, 3.05) is 23.3 Å². The lowest BCUT2D eigenvalue weighted by Gasteiger charge is -2.48. The number of amides is 2. The van der Waals surface area contributed by atoms with Gasteiger partial charge in [0.05, 0.1) is 29.7 Å². The van der Waals surface area contributed by atoms with Crippen molar-refractivity contribution >= 4 is 47.6 Å². The average Bonchev–Trinajstić information content (AvgIpc) is 2.81. The molecule has 0 aromatic carbocycles. The maximum atomic E-state index is 13.6. The third-order valence-corrected chi connectivity index (χ3v) is 12.3. The van der Waals surface area contributed by atoms with Gasteiger partial charge in [0.25, 0.3) is 5.91 Å². The number of nitrogens with one attached hydrogen (secondary N) is 2. The van der Waals surface area contributed by atoms with Gasteiger partial charge in [0, 0.05) is 25.2 Å². The highest BCUT2D eigenvalue weighted by atomic mass is 79.9. The number of nitrogens with zero attached hydrogens (tertiary/aromatic N) is 3. The molecule has 0 unspecified atom stereocenters. The van der Waals surface area contributed by atoms with Crippen LogP contribution in [0.4, 0.5) is 20.6 Å². The van der Waals surface area contributed by atoms with E-state index in [9.17, 15) is 14.0 Å². The van der Waals surface area contributed by atoms with Crippen LogP contribution < -0.4 is 15.5 Å². The van der Waals surface area contributed by atoms with E-state index in [2.05, 4.69) is 82.2 Å². The minimum Gasteiger partial charge on any atom is -0.444 e. The van der Waals surface area contributed by atoms with E-state index in [0.717, 1.165) is 5.69 Å². The van der Waals surface area contributed by atoms with E-state index in [1.54, 1.807) is 12.4 Å². The first kappa shape index (κ1) is 31.9. The summed E-state index contributed by atoms with van der Waals surface area (Å²) in [6, 6.07) is 3.94. The predicted molar refractivity (Wildman–Crippen MR) is 161 cm³/mol. The molecule has 220 valence electrons. The summed E-state index contributed by atoms with van der Waals surface area (Å²) in [5.41, 5.74) is 0.619. The summed E-state index contributed by atoms with van der Waals surface area (Å²) < 4.78 is 26.1. The lowest BCUT2D eigenvalue weighted by Crippen LogP contribution is -2.63. The summed E-state index contributed by atoms with van der Waals surface area (Å²) in [7, 11) is -2.17. The van der Waals surface area contributed by atoms with Gasteiger partial charge in [0.1, 0.15) is 15.9 Å². The SMILES string of the molecule is C[C@H]1CN(c2ccncc2NC(=O)c2ccc(F)c(Br)n2)C[C@@H](NC(=O)OC(C)(C)C)[C@@H]1O[Si](C)(C)C(C)(C)C. The Hall–Kier alpha value is -2.57. The van der Waals surface area contributed by atoms with Crippen LogP contribution in [0.3, 0.4) is 0 Å². The summed E-state index contributed by atoms with van der Waals surface area (Å²) >= 11 is 3.03. The first-order chi connectivity index (χ1) is 18.4. The monoisotopic (exact) mass is 637 g/mol. The zero-order chi connectivity index (χ0) is 30.0. The van der Waals surface area contributed by atoms with Crippen molar-refractivity contribution in [3.63, 3.8) is 0 Å². The fourth-order valence-corrected chi connectivity index (χ4v) is 6.01. The quantitative estimate of drug-likeness (QED) is 0.280. The van der Waals surface area contributed by atoms with E-state index < -0.39 is 31.7 Å². The first-order valence-corrected chi connectivity index (χ1v) is 17.1. The molecule has 1 aliphatic rings. The van der Waals surface area contributed by atoms with Gasteiger partial charge in [0.15, 0.2) is 14.1 Å². The van der Waals surface area contributed by atoms with Gasteiger partial charge >= 0.3 is 6.09 Å². The van der Waals surface area contributed by atoms with Crippen LogP contribution in [0.5, 0.6) is 0 Å². The van der Waals surface area contributed by atoms with Gasteiger partial charge in [-0.2, -0.15) is 0 Å². The van der Waals surface area contributed by atoms with Crippen molar-refractivity contribution in [1.29, 1.82) is 0 Å². The number of halogens is 2. The molecule has 2 N–H and O–H groups in total. The maximum absolute atomic E-state index is 13.6. The Labute approximate surface area is 245 Å². The van der Waals surface area contributed by atoms with Crippen LogP contribution in [-0.4, -0.2) is 61.1 Å². The van der Waals surface area contributed by atoms with Crippen LogP contribution >= 0.6 is 15.9 Å². The fraction of sp³-hybridized carbons (Fsp3) is 0.571. The van der Waals surface area contributed by atoms with Crippen molar-refractivity contribution in [2.45, 2.75) is 84.3 Å². The Bertz CT molecular complexity index is 1230. The number of anilines is 2. The highest BCUT2D eigenvalue weighted by Crippen LogP contribution is 2.40. The van der Waals surface area contributed by atoms with Gasteiger partial charge in [-0.1, -0.05) is 27.7 Å². The highest BCUT2D eigenvalue weighted by molar-refractivity contribution is 9.10. The number of rotatable bonds is 6. The molecule has 9 nitrogen and oxygen atoms in total. The standard InChI is InChI=1S/C28H41BrFN5O4Si/c1-17-15-35(22-12-13-31-14-20(22)33-25(36)19-11-10-18(30)24(29)32-19)16-21(34-26(37)38-27(2,3)4)23(17)39-40(8,9)28(5,6)7/h10-14,17,21,23H,15-16H2,1-9H3,(H,33,36)(H,34,37)/t17-,21+,23+/m0/s1. The van der Waals surface area contributed by atoms with Crippen molar-refractivity contribution in [3.05, 3.63) is 46.7 Å². The Morgan fingerprint density at radius 2 is 1.80 bits per heavy atom. The van der Waals surface area contributed by atoms with Gasteiger partial charge in [-0.05, 0) is 73.0 Å². The normalized spacial score (nSPS) is 20.2. The molecule has 40 heavy (non-hydrogen) atoms. The summed E-state index contributed by atoms with van der Waals surface area (Å²) in [4.78, 5) is 36.2. The van der Waals surface area contributed by atoms with Crippen LogP contribution in [0.2, 0.25) is 18.1 Å². The van der Waals surface area contributed by atoms with E-state index in [-0.39, 0.29) is 33.4 Å². The fourth-order valence-electron chi connectivity index (χ4n) is 4.25. The van der Waals surface area contributed by atoms with E-state index in [1.165, 1.54) is 12.1 Å². The number of alkyl carbamates (subject to hydrolysis) is 1. The first-order valence-electron chi connectivity index (χ1n) is 13.4. The smallest absolute Gasteiger partial charge is 0.408 e. The molecule has 0 radical (unpaired) electrons. The third-order valence-electron chi connectivity index (χ3n) is 7.24. The second-order valence-electron chi connectivity index (χ2n) is 12.8. The number of carbonyl (C=O) groups is 2. The van der Waals surface area contributed by atoms with Crippen molar-refractivity contribution in [1.82, 2.24) is 15.3 Å². The lowest BCUT2D eigenvalue weighted by atomic mass is 9.92. The minimum absolute atomic E-state index is 0.00768. The van der Waals surface area contributed by atoms with Crippen molar-refractivity contribution in [3.8, 4) is 0 Å². The second kappa shape index (κ2) is 12.1. The van der Waals surface area contributed by atoms with E-state index in [0.29, 0.717) is 18.8 Å². The maximum Gasteiger partial charge on any atom is 0.408 e. The van der Waals surface area contributed by atoms with Crippen LogP contribution in [0.15, 0.2) is 35.2 Å². The number of piperidine rings is 1. The summed E-state index contributed by atoms with van der Waals surface area (Å²) in [6.45, 7) is 19.6. The number of carbonyl (C=O) groups excluding carboxylic acids is 2. The Kier molecular flexibility index (Phi) is 9.68. The molecule has 1 aliphatic heterocycles. The number of aromatic nitrogens is 2. The minimum atomic E-state index is -2.17. The van der Waals surface area contributed by atoms with Crippen LogP contribution in [-0.2, 0) is 9.16 Å². The average molecular weight is 639 g/mol. The van der Waals surface area contributed by atoms with Crippen LogP contribution in [0.1, 0.15) is 59.0 Å². The molecule has 12 heteroatoms. The highest BCUT2D eigenvalue weighted by Gasteiger charge is 2.45. The molecule has 0 spiro atoms. The summed E-state index contributed by atoms with van der Waals surface area (Å²) in [5.74, 6) is -1.02. The lowest BCUT2D eigenvalue weighted by molar-refractivity contribution is 0.0336. The van der Waals surface area contributed by atoms with Crippen LogP contribution in [0.25, 0.3) is 0 Å². The molecule has 0 aliphatic carbocycles. The third kappa shape index (κ3) is 8.00. The molecule has 2 aromatic rings. The second-order valence-corrected chi connectivity index (χ2v) is 18.3.